The van der Waals surface area contributed by atoms with Gasteiger partial charge < -0.3 is 15.1 Å². The summed E-state index contributed by atoms with van der Waals surface area (Å²) in [7, 11) is 0. The topological polar surface area (TPSA) is 77.3 Å². The van der Waals surface area contributed by atoms with E-state index in [-0.39, 0.29) is 17.4 Å². The highest BCUT2D eigenvalue weighted by molar-refractivity contribution is 7.71. The van der Waals surface area contributed by atoms with Crippen molar-refractivity contribution in [2.24, 2.45) is 0 Å². The van der Waals surface area contributed by atoms with Gasteiger partial charge in [0.1, 0.15) is 11.5 Å². The molecule has 0 fully saturated rings. The standard InChI is InChI=1S/C25H34N4O2S/c1-6-11-28(12-7-2)21-13-18(10-9-17(21)8-3)29-24(26-27-25(29)32)20-14-19(16(4)5)22(30)15-23(20)31/h9-10,13-16,30-31H,6-8,11-12H2,1-5H3,(H,27,32). The highest BCUT2D eigenvalue weighted by Gasteiger charge is 2.20. The normalized spacial score (nSPS) is 11.3. The van der Waals surface area contributed by atoms with Gasteiger partial charge in [-0.05, 0) is 66.7 Å². The van der Waals surface area contributed by atoms with Crippen molar-refractivity contribution < 1.29 is 10.2 Å². The maximum atomic E-state index is 10.6. The third-order valence-electron chi connectivity index (χ3n) is 5.72. The van der Waals surface area contributed by atoms with Crippen molar-refractivity contribution in [1.82, 2.24) is 14.8 Å². The van der Waals surface area contributed by atoms with Crippen LogP contribution in [0.15, 0.2) is 30.3 Å². The summed E-state index contributed by atoms with van der Waals surface area (Å²) in [5, 5.41) is 28.2. The van der Waals surface area contributed by atoms with Gasteiger partial charge in [0.05, 0.1) is 11.3 Å². The lowest BCUT2D eigenvalue weighted by molar-refractivity contribution is 0.444. The van der Waals surface area contributed by atoms with Crippen LogP contribution in [-0.2, 0) is 6.42 Å². The Morgan fingerprint density at radius 1 is 1.03 bits per heavy atom. The largest absolute Gasteiger partial charge is 0.508 e. The number of hydrogen-bond acceptors (Lipinski definition) is 5. The third-order valence-corrected chi connectivity index (χ3v) is 5.99. The van der Waals surface area contributed by atoms with Crippen LogP contribution in [0.1, 0.15) is 64.5 Å². The number of rotatable bonds is 9. The zero-order valence-corrected chi connectivity index (χ0v) is 20.5. The Hall–Kier alpha value is -2.80. The Bertz CT molecular complexity index is 1130. The molecule has 0 aliphatic rings. The van der Waals surface area contributed by atoms with Gasteiger partial charge in [-0.25, -0.2) is 0 Å². The molecule has 172 valence electrons. The molecule has 0 atom stereocenters. The fourth-order valence-electron chi connectivity index (χ4n) is 4.13. The third kappa shape index (κ3) is 4.67. The Morgan fingerprint density at radius 3 is 2.31 bits per heavy atom. The molecule has 3 N–H and O–H groups in total. The molecule has 0 saturated carbocycles. The molecule has 0 unspecified atom stereocenters. The predicted octanol–water partition coefficient (Wildman–Crippen LogP) is 6.32. The van der Waals surface area contributed by atoms with Crippen LogP contribution in [0.2, 0.25) is 0 Å². The first-order valence-corrected chi connectivity index (χ1v) is 11.8. The van der Waals surface area contributed by atoms with Gasteiger partial charge in [0.2, 0.25) is 0 Å². The van der Waals surface area contributed by atoms with Gasteiger partial charge >= 0.3 is 0 Å². The van der Waals surface area contributed by atoms with E-state index >= 15 is 0 Å². The zero-order valence-electron chi connectivity index (χ0n) is 19.6. The molecule has 6 nitrogen and oxygen atoms in total. The number of nitrogens with zero attached hydrogens (tertiary/aromatic N) is 3. The summed E-state index contributed by atoms with van der Waals surface area (Å²) in [6.07, 6.45) is 3.09. The van der Waals surface area contributed by atoms with Crippen LogP contribution in [0.5, 0.6) is 11.5 Å². The Kier molecular flexibility index (Phi) is 7.61. The first-order chi connectivity index (χ1) is 15.3. The van der Waals surface area contributed by atoms with Crippen LogP contribution in [0.3, 0.4) is 0 Å². The quantitative estimate of drug-likeness (QED) is 0.330. The Balaban J connectivity index is 2.20. The Morgan fingerprint density at radius 2 is 1.72 bits per heavy atom. The predicted molar refractivity (Wildman–Crippen MR) is 134 cm³/mol. The maximum Gasteiger partial charge on any atom is 0.200 e. The maximum absolute atomic E-state index is 10.6. The lowest BCUT2D eigenvalue weighted by atomic mass is 9.98. The summed E-state index contributed by atoms with van der Waals surface area (Å²) in [5.74, 6) is 0.649. The summed E-state index contributed by atoms with van der Waals surface area (Å²) < 4.78 is 2.30. The monoisotopic (exact) mass is 454 g/mol. The molecule has 2 aromatic carbocycles. The fraction of sp³-hybridized carbons (Fsp3) is 0.440. The number of benzene rings is 2. The van der Waals surface area contributed by atoms with Gasteiger partial charge in [0, 0.05) is 24.8 Å². The molecule has 0 radical (unpaired) electrons. The van der Waals surface area contributed by atoms with Crippen LogP contribution in [0.25, 0.3) is 17.1 Å². The highest BCUT2D eigenvalue weighted by atomic mass is 32.1. The number of aromatic nitrogens is 3. The van der Waals surface area contributed by atoms with E-state index in [9.17, 15) is 10.2 Å². The van der Waals surface area contributed by atoms with E-state index in [1.54, 1.807) is 6.07 Å². The van der Waals surface area contributed by atoms with Crippen molar-refractivity contribution in [3.63, 3.8) is 0 Å². The number of aryl methyl sites for hydroxylation is 1. The second kappa shape index (κ2) is 10.2. The molecule has 32 heavy (non-hydrogen) atoms. The first kappa shape index (κ1) is 23.9. The lowest BCUT2D eigenvalue weighted by Crippen LogP contribution is -2.26. The van der Waals surface area contributed by atoms with Crippen molar-refractivity contribution >= 4 is 17.9 Å². The average molecular weight is 455 g/mol. The minimum Gasteiger partial charge on any atom is -0.508 e. The van der Waals surface area contributed by atoms with Crippen LogP contribution in [0, 0.1) is 4.77 Å². The molecule has 0 spiro atoms. The molecule has 3 rings (SSSR count). The molecule has 1 heterocycles. The van der Waals surface area contributed by atoms with E-state index in [0.717, 1.165) is 43.6 Å². The van der Waals surface area contributed by atoms with Gasteiger partial charge in [0.25, 0.3) is 0 Å². The van der Waals surface area contributed by atoms with Crippen LogP contribution in [-0.4, -0.2) is 38.1 Å². The molecule has 3 aromatic rings. The number of nitrogens with one attached hydrogen (secondary N) is 1. The van der Waals surface area contributed by atoms with Gasteiger partial charge in [0.15, 0.2) is 10.6 Å². The second-order valence-corrected chi connectivity index (χ2v) is 8.81. The van der Waals surface area contributed by atoms with Crippen molar-refractivity contribution in [3.8, 4) is 28.6 Å². The van der Waals surface area contributed by atoms with E-state index in [1.807, 2.05) is 24.5 Å². The SMILES string of the molecule is CCCN(CCC)c1cc(-n2c(-c3cc(C(C)C)c(O)cc3O)n[nH]c2=S)ccc1CC. The number of phenols is 2. The summed E-state index contributed by atoms with van der Waals surface area (Å²) in [4.78, 5) is 2.43. The van der Waals surface area contributed by atoms with Crippen LogP contribution >= 0.6 is 12.2 Å². The summed E-state index contributed by atoms with van der Waals surface area (Å²) >= 11 is 5.58. The van der Waals surface area contributed by atoms with E-state index in [2.05, 4.69) is 48.0 Å². The van der Waals surface area contributed by atoms with E-state index in [0.29, 0.717) is 16.2 Å². The molecule has 0 aliphatic carbocycles. The molecule has 0 amide bonds. The van der Waals surface area contributed by atoms with E-state index in [4.69, 9.17) is 12.2 Å². The molecular formula is C25H34N4O2S. The number of phenolic OH excluding ortho intramolecular Hbond substituents is 2. The number of hydrogen-bond donors (Lipinski definition) is 3. The molecule has 0 saturated heterocycles. The minimum atomic E-state index is -0.0360. The van der Waals surface area contributed by atoms with Crippen molar-refractivity contribution in [1.29, 1.82) is 0 Å². The van der Waals surface area contributed by atoms with Crippen molar-refractivity contribution in [2.75, 3.05) is 18.0 Å². The van der Waals surface area contributed by atoms with Gasteiger partial charge in [-0.3, -0.25) is 9.67 Å². The smallest absolute Gasteiger partial charge is 0.200 e. The van der Waals surface area contributed by atoms with Crippen LogP contribution < -0.4 is 4.90 Å². The minimum absolute atomic E-state index is 0.0360. The number of H-pyrrole nitrogens is 1. The summed E-state index contributed by atoms with van der Waals surface area (Å²) in [6.45, 7) is 12.5. The van der Waals surface area contributed by atoms with Crippen molar-refractivity contribution in [2.45, 2.75) is 59.8 Å². The zero-order chi connectivity index (χ0) is 23.4. The van der Waals surface area contributed by atoms with Crippen molar-refractivity contribution in [3.05, 3.63) is 46.2 Å². The van der Waals surface area contributed by atoms with Gasteiger partial charge in [-0.1, -0.05) is 40.7 Å². The summed E-state index contributed by atoms with van der Waals surface area (Å²) in [6, 6.07) is 9.53. The number of aromatic hydroxyl groups is 2. The summed E-state index contributed by atoms with van der Waals surface area (Å²) in [5.41, 5.74) is 4.67. The van der Waals surface area contributed by atoms with Crippen LogP contribution in [0.4, 0.5) is 5.69 Å². The van der Waals surface area contributed by atoms with E-state index < -0.39 is 0 Å². The molecule has 0 aliphatic heterocycles. The lowest BCUT2D eigenvalue weighted by Gasteiger charge is -2.27. The van der Waals surface area contributed by atoms with E-state index in [1.165, 1.54) is 17.3 Å². The average Bonchev–Trinajstić information content (AvgIpc) is 3.14. The number of anilines is 1. The van der Waals surface area contributed by atoms with Gasteiger partial charge in [-0.2, -0.15) is 5.10 Å². The molecule has 0 bridgehead atoms. The molecular weight excluding hydrogens is 420 g/mol. The molecule has 7 heteroatoms. The molecule has 1 aromatic heterocycles. The fourth-order valence-corrected chi connectivity index (χ4v) is 4.37. The highest BCUT2D eigenvalue weighted by Crippen LogP contribution is 2.38. The van der Waals surface area contributed by atoms with Gasteiger partial charge in [-0.15, -0.1) is 0 Å². The second-order valence-electron chi connectivity index (χ2n) is 8.42. The number of aromatic amines is 1. The Labute approximate surface area is 195 Å². The first-order valence-electron chi connectivity index (χ1n) is 11.4.